The molecule has 1 saturated heterocycles. The van der Waals surface area contributed by atoms with E-state index < -0.39 is 40.6 Å². The fourth-order valence-electron chi connectivity index (χ4n) is 2.52. The number of benzene rings is 1. The molecule has 0 saturated carbocycles. The Morgan fingerprint density at radius 2 is 1.92 bits per heavy atom. The van der Waals surface area contributed by atoms with Crippen LogP contribution in [-0.2, 0) is 24.3 Å². The largest absolute Gasteiger partial charge is 0.454 e. The number of rotatable bonds is 5. The first kappa shape index (κ1) is 18.9. The van der Waals surface area contributed by atoms with E-state index in [-0.39, 0.29) is 11.4 Å². The molecule has 1 aromatic carbocycles. The fraction of sp³-hybridized carbons (Fsp3) is 0.400. The first-order chi connectivity index (χ1) is 11.7. The molecule has 9 nitrogen and oxygen atoms in total. The maximum Gasteiger partial charge on any atom is 0.324 e. The summed E-state index contributed by atoms with van der Waals surface area (Å²) in [5.74, 6) is -1.72. The number of nitrogens with one attached hydrogen (secondary N) is 1. The zero-order chi connectivity index (χ0) is 18.6. The molecule has 0 spiro atoms. The maximum atomic E-state index is 12.7. The summed E-state index contributed by atoms with van der Waals surface area (Å²) in [6, 6.07) is 4.23. The molecule has 0 unspecified atom stereocenters. The van der Waals surface area contributed by atoms with Gasteiger partial charge in [0.1, 0.15) is 6.04 Å². The quantitative estimate of drug-likeness (QED) is 0.695. The van der Waals surface area contributed by atoms with E-state index in [1.54, 1.807) is 17.4 Å². The number of imide groups is 1. The Labute approximate surface area is 145 Å². The highest BCUT2D eigenvalue weighted by Gasteiger charge is 2.40. The van der Waals surface area contributed by atoms with Crippen LogP contribution in [0.2, 0.25) is 0 Å². The van der Waals surface area contributed by atoms with Crippen molar-refractivity contribution in [3.05, 3.63) is 29.8 Å². The molecule has 136 valence electrons. The zero-order valence-electron chi connectivity index (χ0n) is 13.6. The lowest BCUT2D eigenvalue weighted by Crippen LogP contribution is -2.43. The summed E-state index contributed by atoms with van der Waals surface area (Å²) in [7, 11) is -3.85. The second-order valence-corrected chi connectivity index (χ2v) is 7.50. The lowest BCUT2D eigenvalue weighted by atomic mass is 10.2. The number of carbonyl (C=O) groups excluding carboxylic acids is 3. The van der Waals surface area contributed by atoms with Crippen molar-refractivity contribution in [2.24, 2.45) is 5.73 Å². The number of nitrogens with zero attached hydrogens (tertiary/aromatic N) is 1. The van der Waals surface area contributed by atoms with Crippen molar-refractivity contribution in [2.45, 2.75) is 30.7 Å². The van der Waals surface area contributed by atoms with E-state index in [1.165, 1.54) is 12.1 Å². The third-order valence-electron chi connectivity index (χ3n) is 3.71. The summed E-state index contributed by atoms with van der Waals surface area (Å²) in [6.07, 6.45) is 0.791. The third kappa shape index (κ3) is 4.54. The summed E-state index contributed by atoms with van der Waals surface area (Å²) in [5.41, 5.74) is 5.69. The van der Waals surface area contributed by atoms with Crippen molar-refractivity contribution in [3.63, 3.8) is 0 Å². The number of primary amides is 1. The van der Waals surface area contributed by atoms with Crippen LogP contribution in [0, 0.1) is 6.92 Å². The van der Waals surface area contributed by atoms with Crippen LogP contribution in [0.25, 0.3) is 0 Å². The van der Waals surface area contributed by atoms with Gasteiger partial charge < -0.3 is 10.5 Å². The van der Waals surface area contributed by atoms with Gasteiger partial charge in [-0.15, -0.1) is 0 Å². The van der Waals surface area contributed by atoms with Crippen molar-refractivity contribution in [3.8, 4) is 0 Å². The predicted molar refractivity (Wildman–Crippen MR) is 86.8 cm³/mol. The Morgan fingerprint density at radius 3 is 2.52 bits per heavy atom. The van der Waals surface area contributed by atoms with Crippen molar-refractivity contribution >= 4 is 27.9 Å². The number of urea groups is 1. The first-order valence-electron chi connectivity index (χ1n) is 7.56. The molecule has 0 bridgehead atoms. The number of hydrogen-bond acceptors (Lipinski definition) is 6. The van der Waals surface area contributed by atoms with E-state index in [9.17, 15) is 22.8 Å². The fourth-order valence-corrected chi connectivity index (χ4v) is 4.16. The molecule has 1 heterocycles. The Balaban J connectivity index is 2.08. The lowest BCUT2D eigenvalue weighted by molar-refractivity contribution is -0.151. The monoisotopic (exact) mass is 369 g/mol. The number of hydrogen-bond donors (Lipinski definition) is 2. The van der Waals surface area contributed by atoms with Gasteiger partial charge >= 0.3 is 12.0 Å². The molecule has 1 fully saturated rings. The van der Waals surface area contributed by atoms with Gasteiger partial charge in [-0.1, -0.05) is 17.7 Å². The number of ether oxygens (including phenoxy) is 1. The van der Waals surface area contributed by atoms with Crippen LogP contribution < -0.4 is 11.1 Å². The Kier molecular flexibility index (Phi) is 5.75. The molecule has 1 aliphatic heterocycles. The SMILES string of the molecule is Cc1ccc(S(=O)(=O)N2CCC[C@H]2C(=O)OCC(=O)NC(N)=O)cc1. The molecule has 1 aromatic rings. The number of esters is 1. The van der Waals surface area contributed by atoms with Crippen molar-refractivity contribution in [1.82, 2.24) is 9.62 Å². The average molecular weight is 369 g/mol. The predicted octanol–water partition coefficient (Wildman–Crippen LogP) is -0.114. The summed E-state index contributed by atoms with van der Waals surface area (Å²) in [6.45, 7) is 1.31. The summed E-state index contributed by atoms with van der Waals surface area (Å²) in [5, 5.41) is 1.75. The summed E-state index contributed by atoms with van der Waals surface area (Å²) < 4.78 is 31.3. The Bertz CT molecular complexity index is 775. The molecule has 1 atom stereocenters. The van der Waals surface area contributed by atoms with Gasteiger partial charge in [0.05, 0.1) is 4.90 Å². The minimum Gasteiger partial charge on any atom is -0.454 e. The van der Waals surface area contributed by atoms with Gasteiger partial charge in [-0.2, -0.15) is 4.31 Å². The molecule has 25 heavy (non-hydrogen) atoms. The number of aryl methyl sites for hydroxylation is 1. The normalized spacial score (nSPS) is 17.9. The highest BCUT2D eigenvalue weighted by molar-refractivity contribution is 7.89. The molecular formula is C15H19N3O6S. The van der Waals surface area contributed by atoms with Gasteiger partial charge in [0, 0.05) is 6.54 Å². The molecular weight excluding hydrogens is 350 g/mol. The molecule has 10 heteroatoms. The number of nitrogens with two attached hydrogens (primary N) is 1. The Hall–Kier alpha value is -2.46. The highest BCUT2D eigenvalue weighted by Crippen LogP contribution is 2.27. The van der Waals surface area contributed by atoms with Gasteiger partial charge in [0.2, 0.25) is 10.0 Å². The molecule has 0 aliphatic carbocycles. The number of carbonyl (C=O) groups is 3. The Morgan fingerprint density at radius 1 is 1.28 bits per heavy atom. The summed E-state index contributed by atoms with van der Waals surface area (Å²) in [4.78, 5) is 34.1. The van der Waals surface area contributed by atoms with Crippen molar-refractivity contribution < 1.29 is 27.5 Å². The van der Waals surface area contributed by atoms with Crippen LogP contribution in [0.4, 0.5) is 4.79 Å². The van der Waals surface area contributed by atoms with Crippen LogP contribution in [0.5, 0.6) is 0 Å². The number of amides is 3. The summed E-state index contributed by atoms with van der Waals surface area (Å²) >= 11 is 0. The average Bonchev–Trinajstić information content (AvgIpc) is 3.03. The van der Waals surface area contributed by atoms with Gasteiger partial charge in [-0.05, 0) is 31.9 Å². The smallest absolute Gasteiger partial charge is 0.324 e. The standard InChI is InChI=1S/C15H19N3O6S/c1-10-4-6-11(7-5-10)25(22,23)18-8-2-3-12(18)14(20)24-9-13(19)17-15(16)21/h4-7,12H,2-3,8-9H2,1H3,(H3,16,17,19,21)/t12-/m0/s1. The van der Waals surface area contributed by atoms with Crippen LogP contribution >= 0.6 is 0 Å². The second-order valence-electron chi connectivity index (χ2n) is 5.61. The van der Waals surface area contributed by atoms with E-state index in [4.69, 9.17) is 10.5 Å². The van der Waals surface area contributed by atoms with E-state index >= 15 is 0 Å². The maximum absolute atomic E-state index is 12.7. The van der Waals surface area contributed by atoms with Crippen molar-refractivity contribution in [1.29, 1.82) is 0 Å². The van der Waals surface area contributed by atoms with Crippen LogP contribution in [0.15, 0.2) is 29.2 Å². The number of sulfonamides is 1. The zero-order valence-corrected chi connectivity index (χ0v) is 14.4. The van der Waals surface area contributed by atoms with Crippen LogP contribution in [0.1, 0.15) is 18.4 Å². The second kappa shape index (κ2) is 7.62. The van der Waals surface area contributed by atoms with Gasteiger partial charge in [-0.3, -0.25) is 14.9 Å². The van der Waals surface area contributed by atoms with Crippen molar-refractivity contribution in [2.75, 3.05) is 13.2 Å². The van der Waals surface area contributed by atoms with Gasteiger partial charge in [0.15, 0.2) is 6.61 Å². The van der Waals surface area contributed by atoms with E-state index in [0.717, 1.165) is 9.87 Å². The molecule has 3 N–H and O–H groups in total. The highest BCUT2D eigenvalue weighted by atomic mass is 32.2. The van der Waals surface area contributed by atoms with Crippen LogP contribution in [-0.4, -0.2) is 49.8 Å². The molecule has 2 rings (SSSR count). The van der Waals surface area contributed by atoms with Crippen LogP contribution in [0.3, 0.4) is 0 Å². The molecule has 0 radical (unpaired) electrons. The van der Waals surface area contributed by atoms with E-state index in [1.807, 2.05) is 6.92 Å². The van der Waals surface area contributed by atoms with E-state index in [0.29, 0.717) is 12.8 Å². The molecule has 3 amide bonds. The minimum atomic E-state index is -3.85. The third-order valence-corrected chi connectivity index (χ3v) is 5.63. The molecule has 1 aliphatic rings. The van der Waals surface area contributed by atoms with Gasteiger partial charge in [-0.25, -0.2) is 13.2 Å². The van der Waals surface area contributed by atoms with Gasteiger partial charge in [0.25, 0.3) is 5.91 Å². The van der Waals surface area contributed by atoms with E-state index in [2.05, 4.69) is 0 Å². The molecule has 0 aromatic heterocycles. The lowest BCUT2D eigenvalue weighted by Gasteiger charge is -2.22. The topological polar surface area (TPSA) is 136 Å². The minimum absolute atomic E-state index is 0.0873. The first-order valence-corrected chi connectivity index (χ1v) is 9.00.